The maximum atomic E-state index is 12.0. The average Bonchev–Trinajstić information content (AvgIpc) is 2.71. The Morgan fingerprint density at radius 3 is 2.04 bits per heavy atom. The van der Waals surface area contributed by atoms with Crippen LogP contribution in [0.25, 0.3) is 0 Å². The highest BCUT2D eigenvalue weighted by Gasteiger charge is 2.13. The first kappa shape index (κ1) is 21.0. The Kier molecular flexibility index (Phi) is 8.36. The Hall–Kier alpha value is -2.31. The molecule has 0 radical (unpaired) electrons. The highest BCUT2D eigenvalue weighted by Crippen LogP contribution is 2.17. The molecule has 2 aromatic rings. The Morgan fingerprint density at radius 2 is 1.48 bits per heavy atom. The number of carbonyl (C=O) groups is 2. The van der Waals surface area contributed by atoms with E-state index in [-0.39, 0.29) is 0 Å². The second kappa shape index (κ2) is 10.7. The number of amides is 2. The average molecular weight is 386 g/mol. The van der Waals surface area contributed by atoms with Gasteiger partial charge in [-0.2, -0.15) is 0 Å². The zero-order chi connectivity index (χ0) is 19.6. The van der Waals surface area contributed by atoms with E-state index < -0.39 is 11.8 Å². The predicted octanol–water partition coefficient (Wildman–Crippen LogP) is 3.51. The molecule has 6 heteroatoms. The number of nitrogens with zero attached hydrogens (tertiary/aromatic N) is 1. The summed E-state index contributed by atoms with van der Waals surface area (Å²) in [6.45, 7) is 7.57. The van der Waals surface area contributed by atoms with Crippen molar-refractivity contribution in [3.63, 3.8) is 0 Å². The molecule has 0 aliphatic carbocycles. The molecular weight excluding hydrogens is 358 g/mol. The maximum absolute atomic E-state index is 12.0. The lowest BCUT2D eigenvalue weighted by Gasteiger charge is -2.18. The fraction of sp³-hybridized carbons (Fsp3) is 0.333. The van der Waals surface area contributed by atoms with Crippen LogP contribution in [-0.2, 0) is 22.7 Å². The van der Waals surface area contributed by atoms with Crippen LogP contribution in [0.5, 0.6) is 0 Å². The van der Waals surface area contributed by atoms with Crippen LogP contribution in [0.2, 0.25) is 0 Å². The SMILES string of the molecule is CCN(CC)Cc1ccc(CNC(=O)C(=O)Nc2ccc(SC)cc2)cc1. The van der Waals surface area contributed by atoms with Gasteiger partial charge in [0.1, 0.15) is 0 Å². The van der Waals surface area contributed by atoms with E-state index in [1.54, 1.807) is 23.9 Å². The quantitative estimate of drug-likeness (QED) is 0.539. The van der Waals surface area contributed by atoms with E-state index in [4.69, 9.17) is 0 Å². The molecule has 0 spiro atoms. The van der Waals surface area contributed by atoms with Gasteiger partial charge in [0, 0.05) is 23.7 Å². The number of hydrogen-bond acceptors (Lipinski definition) is 4. The summed E-state index contributed by atoms with van der Waals surface area (Å²) < 4.78 is 0. The van der Waals surface area contributed by atoms with Crippen LogP contribution in [0.3, 0.4) is 0 Å². The van der Waals surface area contributed by atoms with Crippen molar-refractivity contribution in [2.75, 3.05) is 24.7 Å². The smallest absolute Gasteiger partial charge is 0.313 e. The molecule has 0 bridgehead atoms. The lowest BCUT2D eigenvalue weighted by molar-refractivity contribution is -0.136. The number of nitrogens with one attached hydrogen (secondary N) is 2. The third-order valence-corrected chi connectivity index (χ3v) is 5.07. The molecule has 0 heterocycles. The number of benzene rings is 2. The van der Waals surface area contributed by atoms with E-state index in [9.17, 15) is 9.59 Å². The molecule has 27 heavy (non-hydrogen) atoms. The first-order valence-corrected chi connectivity index (χ1v) is 10.3. The number of carbonyl (C=O) groups excluding carboxylic acids is 2. The summed E-state index contributed by atoms with van der Waals surface area (Å²) >= 11 is 1.62. The van der Waals surface area contributed by atoms with Crippen molar-refractivity contribution in [2.45, 2.75) is 31.8 Å². The van der Waals surface area contributed by atoms with Crippen LogP contribution in [-0.4, -0.2) is 36.1 Å². The maximum Gasteiger partial charge on any atom is 0.313 e. The van der Waals surface area contributed by atoms with Crippen molar-refractivity contribution in [3.05, 3.63) is 59.7 Å². The highest BCUT2D eigenvalue weighted by molar-refractivity contribution is 7.98. The summed E-state index contributed by atoms with van der Waals surface area (Å²) in [5.74, 6) is -1.30. The molecule has 0 atom stereocenters. The first-order valence-electron chi connectivity index (χ1n) is 9.09. The van der Waals surface area contributed by atoms with Crippen LogP contribution in [0.4, 0.5) is 5.69 Å². The van der Waals surface area contributed by atoms with E-state index in [1.807, 2.05) is 30.5 Å². The molecule has 0 aliphatic heterocycles. The predicted molar refractivity (Wildman–Crippen MR) is 112 cm³/mol. The van der Waals surface area contributed by atoms with Crippen molar-refractivity contribution in [1.29, 1.82) is 0 Å². The summed E-state index contributed by atoms with van der Waals surface area (Å²) in [6.07, 6.45) is 1.98. The molecule has 0 aliphatic rings. The minimum absolute atomic E-state index is 0.323. The molecular formula is C21H27N3O2S. The molecule has 0 fully saturated rings. The van der Waals surface area contributed by atoms with Gasteiger partial charge in [-0.05, 0) is 54.7 Å². The van der Waals surface area contributed by atoms with Gasteiger partial charge in [-0.1, -0.05) is 38.1 Å². The lowest BCUT2D eigenvalue weighted by atomic mass is 10.1. The fourth-order valence-electron chi connectivity index (χ4n) is 2.59. The van der Waals surface area contributed by atoms with Gasteiger partial charge < -0.3 is 10.6 Å². The van der Waals surface area contributed by atoms with E-state index >= 15 is 0 Å². The Bertz CT molecular complexity index is 741. The lowest BCUT2D eigenvalue weighted by Crippen LogP contribution is -2.34. The third kappa shape index (κ3) is 6.73. The molecule has 2 rings (SSSR count). The summed E-state index contributed by atoms with van der Waals surface area (Å²) in [6, 6.07) is 15.5. The van der Waals surface area contributed by atoms with Gasteiger partial charge in [-0.15, -0.1) is 11.8 Å². The summed E-state index contributed by atoms with van der Waals surface area (Å²) in [5.41, 5.74) is 2.80. The van der Waals surface area contributed by atoms with E-state index in [1.165, 1.54) is 5.56 Å². The van der Waals surface area contributed by atoms with Gasteiger partial charge >= 0.3 is 11.8 Å². The number of hydrogen-bond donors (Lipinski definition) is 2. The molecule has 0 saturated heterocycles. The van der Waals surface area contributed by atoms with Crippen molar-refractivity contribution >= 4 is 29.3 Å². The largest absolute Gasteiger partial charge is 0.344 e. The van der Waals surface area contributed by atoms with Gasteiger partial charge in [-0.3, -0.25) is 14.5 Å². The second-order valence-electron chi connectivity index (χ2n) is 6.14. The van der Waals surface area contributed by atoms with E-state index in [0.29, 0.717) is 12.2 Å². The molecule has 5 nitrogen and oxygen atoms in total. The van der Waals surface area contributed by atoms with Gasteiger partial charge in [0.15, 0.2) is 0 Å². The second-order valence-corrected chi connectivity index (χ2v) is 7.02. The van der Waals surface area contributed by atoms with E-state index in [2.05, 4.69) is 41.5 Å². The molecule has 2 amide bonds. The van der Waals surface area contributed by atoms with Crippen molar-refractivity contribution in [3.8, 4) is 0 Å². The first-order chi connectivity index (χ1) is 13.0. The van der Waals surface area contributed by atoms with Gasteiger partial charge in [0.25, 0.3) is 0 Å². The topological polar surface area (TPSA) is 61.4 Å². The van der Waals surface area contributed by atoms with Crippen LogP contribution in [0.15, 0.2) is 53.4 Å². The zero-order valence-electron chi connectivity index (χ0n) is 16.1. The van der Waals surface area contributed by atoms with Crippen molar-refractivity contribution in [2.24, 2.45) is 0 Å². The van der Waals surface area contributed by atoms with Gasteiger partial charge in [-0.25, -0.2) is 0 Å². The Labute approximate surface area is 165 Å². The Morgan fingerprint density at radius 1 is 0.889 bits per heavy atom. The number of anilines is 1. The highest BCUT2D eigenvalue weighted by atomic mass is 32.2. The van der Waals surface area contributed by atoms with Gasteiger partial charge in [0.2, 0.25) is 0 Å². The van der Waals surface area contributed by atoms with Crippen LogP contribution in [0.1, 0.15) is 25.0 Å². The summed E-state index contributed by atoms with van der Waals surface area (Å²) in [5, 5.41) is 5.27. The zero-order valence-corrected chi connectivity index (χ0v) is 16.9. The van der Waals surface area contributed by atoms with Crippen molar-refractivity contribution < 1.29 is 9.59 Å². The monoisotopic (exact) mass is 385 g/mol. The molecule has 0 saturated carbocycles. The van der Waals surface area contributed by atoms with Crippen molar-refractivity contribution in [1.82, 2.24) is 10.2 Å². The molecule has 0 aromatic heterocycles. The standard InChI is InChI=1S/C21H27N3O2S/c1-4-24(5-2)15-17-8-6-16(7-9-17)14-22-20(25)21(26)23-18-10-12-19(27-3)13-11-18/h6-13H,4-5,14-15H2,1-3H3,(H,22,25)(H,23,26). The normalized spacial score (nSPS) is 10.7. The number of rotatable bonds is 8. The van der Waals surface area contributed by atoms with E-state index in [0.717, 1.165) is 30.1 Å². The Balaban J connectivity index is 1.82. The molecule has 144 valence electrons. The third-order valence-electron chi connectivity index (χ3n) is 4.33. The van der Waals surface area contributed by atoms with Crippen LogP contribution in [0, 0.1) is 0 Å². The number of thioether (sulfide) groups is 1. The fourth-order valence-corrected chi connectivity index (χ4v) is 3.00. The molecule has 2 aromatic carbocycles. The molecule has 2 N–H and O–H groups in total. The molecule has 0 unspecified atom stereocenters. The van der Waals surface area contributed by atoms with Gasteiger partial charge in [0.05, 0.1) is 0 Å². The summed E-state index contributed by atoms with van der Waals surface area (Å²) in [7, 11) is 0. The summed E-state index contributed by atoms with van der Waals surface area (Å²) in [4.78, 5) is 27.4. The minimum Gasteiger partial charge on any atom is -0.344 e. The van der Waals surface area contributed by atoms with Crippen LogP contribution < -0.4 is 10.6 Å². The van der Waals surface area contributed by atoms with Crippen LogP contribution >= 0.6 is 11.8 Å². The minimum atomic E-state index is -0.662.